The van der Waals surface area contributed by atoms with E-state index in [1.807, 2.05) is 6.07 Å². The van der Waals surface area contributed by atoms with E-state index in [0.29, 0.717) is 16.9 Å². The first kappa shape index (κ1) is 22.7. The van der Waals surface area contributed by atoms with Crippen molar-refractivity contribution in [2.24, 2.45) is 11.8 Å². The van der Waals surface area contributed by atoms with E-state index in [9.17, 15) is 23.9 Å². The lowest BCUT2D eigenvalue weighted by Crippen LogP contribution is -2.57. The Kier molecular flexibility index (Phi) is 5.61. The molecular weight excluding hydrogens is 451 g/mol. The van der Waals surface area contributed by atoms with Crippen molar-refractivity contribution in [2.45, 2.75) is 18.0 Å². The van der Waals surface area contributed by atoms with Gasteiger partial charge in [0.1, 0.15) is 17.1 Å². The Morgan fingerprint density at radius 3 is 2.31 bits per heavy atom. The van der Waals surface area contributed by atoms with Gasteiger partial charge in [-0.25, -0.2) is 9.29 Å². The molecule has 2 aliphatic heterocycles. The summed E-state index contributed by atoms with van der Waals surface area (Å²) in [4.78, 5) is 41.6. The van der Waals surface area contributed by atoms with Crippen LogP contribution in [0.3, 0.4) is 0 Å². The number of aliphatic carboxylic acids is 1. The minimum Gasteiger partial charge on any atom is -0.495 e. The van der Waals surface area contributed by atoms with E-state index < -0.39 is 47.0 Å². The van der Waals surface area contributed by atoms with Gasteiger partial charge in [0.15, 0.2) is 0 Å². The van der Waals surface area contributed by atoms with Crippen molar-refractivity contribution < 1.29 is 28.6 Å². The molecule has 2 N–H and O–H groups in total. The number of carbonyl (C=O) groups excluding carboxylic acids is 2. The molecule has 2 saturated heterocycles. The number of hydrogen-bond acceptors (Lipinski definition) is 5. The zero-order valence-corrected chi connectivity index (χ0v) is 18.9. The van der Waals surface area contributed by atoms with Gasteiger partial charge in [-0.2, -0.15) is 0 Å². The molecule has 35 heavy (non-hydrogen) atoms. The van der Waals surface area contributed by atoms with Crippen LogP contribution in [0.25, 0.3) is 0 Å². The first-order chi connectivity index (χ1) is 16.9. The first-order valence-electron chi connectivity index (χ1n) is 11.2. The summed E-state index contributed by atoms with van der Waals surface area (Å²) in [6.45, 7) is 0. The Morgan fingerprint density at radius 2 is 1.66 bits per heavy atom. The zero-order valence-electron chi connectivity index (χ0n) is 18.9. The summed E-state index contributed by atoms with van der Waals surface area (Å²) >= 11 is 0. The highest BCUT2D eigenvalue weighted by Crippen LogP contribution is 2.51. The van der Waals surface area contributed by atoms with Gasteiger partial charge in [0, 0.05) is 12.5 Å². The fraction of sp³-hybridized carbons (Fsp3) is 0.222. The molecule has 2 fully saturated rings. The minimum atomic E-state index is -1.76. The number of ether oxygens (including phenoxy) is 1. The van der Waals surface area contributed by atoms with Crippen molar-refractivity contribution in [3.8, 4) is 5.75 Å². The molecule has 4 atom stereocenters. The Labute approximate surface area is 201 Å². The highest BCUT2D eigenvalue weighted by molar-refractivity contribution is 6.24. The smallest absolute Gasteiger partial charge is 0.325 e. The second-order valence-corrected chi connectivity index (χ2v) is 8.80. The second kappa shape index (κ2) is 8.63. The summed E-state index contributed by atoms with van der Waals surface area (Å²) in [5.74, 6) is -4.69. The van der Waals surface area contributed by atoms with E-state index in [2.05, 4.69) is 5.32 Å². The number of methoxy groups -OCH3 is 1. The molecule has 0 aromatic heterocycles. The molecule has 2 aliphatic rings. The maximum absolute atomic E-state index is 13.9. The van der Waals surface area contributed by atoms with Gasteiger partial charge >= 0.3 is 5.97 Å². The summed E-state index contributed by atoms with van der Waals surface area (Å²) in [7, 11) is 1.44. The van der Waals surface area contributed by atoms with Crippen molar-refractivity contribution in [2.75, 3.05) is 12.0 Å². The molecule has 3 aromatic rings. The van der Waals surface area contributed by atoms with Crippen molar-refractivity contribution in [3.63, 3.8) is 0 Å². The van der Waals surface area contributed by atoms with Crippen LogP contribution in [0.5, 0.6) is 5.75 Å². The largest absolute Gasteiger partial charge is 0.495 e. The summed E-state index contributed by atoms with van der Waals surface area (Å²) in [6.07, 6.45) is -0.0131. The number of carbonyl (C=O) groups is 3. The SMILES string of the molecule is COc1ccccc1N1C(=O)[C@@H]2[C@H](c3ccc(F)cc3)N[C@](Cc3ccccc3)(C(=O)O)[C@H]2C1=O. The zero-order chi connectivity index (χ0) is 24.7. The summed E-state index contributed by atoms with van der Waals surface area (Å²) in [5.41, 5.74) is -0.261. The average Bonchev–Trinajstić information content (AvgIpc) is 3.34. The Balaban J connectivity index is 1.67. The molecule has 178 valence electrons. The topological polar surface area (TPSA) is 95.9 Å². The van der Waals surface area contributed by atoms with E-state index >= 15 is 0 Å². The minimum absolute atomic E-state index is 0.0131. The van der Waals surface area contributed by atoms with Gasteiger partial charge in [0.2, 0.25) is 11.8 Å². The lowest BCUT2D eigenvalue weighted by molar-refractivity contribution is -0.148. The highest BCUT2D eigenvalue weighted by atomic mass is 19.1. The molecular formula is C27H23FN2O5. The standard InChI is InChI=1S/C27H23FN2O5/c1-35-20-10-6-5-9-19(20)30-24(31)21-22(25(30)32)27(26(33)34,15-16-7-3-2-4-8-16)29-23(21)17-11-13-18(28)14-12-17/h2-14,21-23,29H,15H2,1H3,(H,33,34)/t21-,22+,23-,27-/m0/s1. The number of para-hydroxylation sites is 2. The van der Waals surface area contributed by atoms with E-state index in [0.717, 1.165) is 4.90 Å². The Morgan fingerprint density at radius 1 is 1.00 bits per heavy atom. The van der Waals surface area contributed by atoms with Crippen LogP contribution < -0.4 is 15.0 Å². The molecule has 2 amide bonds. The molecule has 3 aromatic carbocycles. The number of imide groups is 1. The van der Waals surface area contributed by atoms with Crippen LogP contribution in [0, 0.1) is 17.7 Å². The van der Waals surface area contributed by atoms with Gasteiger partial charge in [-0.1, -0.05) is 54.6 Å². The number of anilines is 1. The average molecular weight is 474 g/mol. The lowest BCUT2D eigenvalue weighted by Gasteiger charge is -2.31. The quantitative estimate of drug-likeness (QED) is 0.532. The third-order valence-electron chi connectivity index (χ3n) is 6.92. The van der Waals surface area contributed by atoms with Crippen molar-refractivity contribution >= 4 is 23.5 Å². The number of rotatable bonds is 6. The van der Waals surface area contributed by atoms with Crippen molar-refractivity contribution in [1.82, 2.24) is 5.32 Å². The summed E-state index contributed by atoms with van der Waals surface area (Å²) in [5, 5.41) is 13.6. The fourth-order valence-electron chi connectivity index (χ4n) is 5.36. The van der Waals surface area contributed by atoms with Crippen LogP contribution in [-0.2, 0) is 20.8 Å². The highest BCUT2D eigenvalue weighted by Gasteiger charge is 2.68. The van der Waals surface area contributed by atoms with Crippen LogP contribution in [0.15, 0.2) is 78.9 Å². The predicted molar refractivity (Wildman–Crippen MR) is 125 cm³/mol. The third kappa shape index (κ3) is 3.57. The van der Waals surface area contributed by atoms with Crippen molar-refractivity contribution in [3.05, 3.63) is 95.8 Å². The van der Waals surface area contributed by atoms with Gasteiger partial charge in [-0.05, 0) is 35.4 Å². The number of nitrogens with one attached hydrogen (secondary N) is 1. The third-order valence-corrected chi connectivity index (χ3v) is 6.92. The van der Waals surface area contributed by atoms with E-state index in [-0.39, 0.29) is 12.1 Å². The first-order valence-corrected chi connectivity index (χ1v) is 11.2. The predicted octanol–water partition coefficient (Wildman–Crippen LogP) is 3.35. The van der Waals surface area contributed by atoms with Crippen LogP contribution in [0.2, 0.25) is 0 Å². The Bertz CT molecular complexity index is 1300. The molecule has 7 nitrogen and oxygen atoms in total. The van der Waals surface area contributed by atoms with Gasteiger partial charge in [0.25, 0.3) is 0 Å². The number of benzene rings is 3. The monoisotopic (exact) mass is 474 g/mol. The van der Waals surface area contributed by atoms with Crippen LogP contribution >= 0.6 is 0 Å². The van der Waals surface area contributed by atoms with Crippen LogP contribution in [-0.4, -0.2) is 35.5 Å². The molecule has 2 heterocycles. The van der Waals surface area contributed by atoms with Crippen molar-refractivity contribution in [1.29, 1.82) is 0 Å². The maximum atomic E-state index is 13.9. The second-order valence-electron chi connectivity index (χ2n) is 8.80. The van der Waals surface area contributed by atoms with E-state index in [4.69, 9.17) is 4.74 Å². The van der Waals surface area contributed by atoms with Crippen LogP contribution in [0.1, 0.15) is 17.2 Å². The van der Waals surface area contributed by atoms with E-state index in [1.165, 1.54) is 31.4 Å². The normalized spacial score (nSPS) is 25.5. The number of hydrogen-bond donors (Lipinski definition) is 2. The molecule has 5 rings (SSSR count). The number of carboxylic acid groups (broad SMARTS) is 1. The molecule has 0 radical (unpaired) electrons. The number of nitrogens with zero attached hydrogens (tertiary/aromatic N) is 1. The molecule has 0 spiro atoms. The number of fused-ring (bicyclic) bond motifs is 1. The molecule has 8 heteroatoms. The molecule has 0 saturated carbocycles. The number of halogens is 1. The van der Waals surface area contributed by atoms with Gasteiger partial charge in [-0.3, -0.25) is 19.7 Å². The number of carboxylic acids is 1. The molecule has 0 aliphatic carbocycles. The van der Waals surface area contributed by atoms with Gasteiger partial charge < -0.3 is 9.84 Å². The fourth-order valence-corrected chi connectivity index (χ4v) is 5.36. The maximum Gasteiger partial charge on any atom is 0.325 e. The molecule has 0 bridgehead atoms. The van der Waals surface area contributed by atoms with Gasteiger partial charge in [0.05, 0.1) is 24.6 Å². The summed E-state index contributed by atoms with van der Waals surface area (Å²) in [6, 6.07) is 20.3. The summed E-state index contributed by atoms with van der Waals surface area (Å²) < 4.78 is 19.0. The lowest BCUT2D eigenvalue weighted by atomic mass is 9.76. The number of amides is 2. The Hall–Kier alpha value is -4.04. The van der Waals surface area contributed by atoms with Gasteiger partial charge in [-0.15, -0.1) is 0 Å². The van der Waals surface area contributed by atoms with Crippen LogP contribution in [0.4, 0.5) is 10.1 Å². The molecule has 0 unspecified atom stereocenters. The van der Waals surface area contributed by atoms with E-state index in [1.54, 1.807) is 48.5 Å².